The summed E-state index contributed by atoms with van der Waals surface area (Å²) in [5.41, 5.74) is 0.205. The number of hydrogen-bond donors (Lipinski definition) is 1. The van der Waals surface area contributed by atoms with Crippen molar-refractivity contribution in [1.82, 2.24) is 19.9 Å². The highest BCUT2D eigenvalue weighted by atomic mass is 16.2. The van der Waals surface area contributed by atoms with Crippen LogP contribution in [0.5, 0.6) is 0 Å². The number of nitrogens with one attached hydrogen (secondary N) is 1. The van der Waals surface area contributed by atoms with Crippen molar-refractivity contribution in [3.63, 3.8) is 0 Å². The van der Waals surface area contributed by atoms with Gasteiger partial charge >= 0.3 is 0 Å². The van der Waals surface area contributed by atoms with Gasteiger partial charge in [-0.2, -0.15) is 0 Å². The third kappa shape index (κ3) is 5.33. The van der Waals surface area contributed by atoms with Crippen LogP contribution in [0.15, 0.2) is 16.7 Å². The molecule has 0 unspecified atom stereocenters. The molecule has 8 nitrogen and oxygen atoms in total. The van der Waals surface area contributed by atoms with Crippen LogP contribution in [-0.2, 0) is 11.8 Å². The van der Waals surface area contributed by atoms with Crippen molar-refractivity contribution in [3.8, 4) is 0 Å². The van der Waals surface area contributed by atoms with Gasteiger partial charge in [0.25, 0.3) is 5.91 Å². The number of amides is 2. The van der Waals surface area contributed by atoms with Crippen LogP contribution in [0.4, 0.5) is 5.82 Å². The lowest BCUT2D eigenvalue weighted by molar-refractivity contribution is -0.117. The van der Waals surface area contributed by atoms with Gasteiger partial charge in [-0.1, -0.05) is 31.4 Å². The van der Waals surface area contributed by atoms with Crippen LogP contribution >= 0.6 is 0 Å². The molecule has 0 radical (unpaired) electrons. The van der Waals surface area contributed by atoms with Gasteiger partial charge in [0.15, 0.2) is 11.5 Å². The Morgan fingerprint density at radius 2 is 2.24 bits per heavy atom. The molecule has 0 spiro atoms. The first kappa shape index (κ1) is 16.8. The lowest BCUT2D eigenvalue weighted by Gasteiger charge is -2.04. The Morgan fingerprint density at radius 3 is 2.90 bits per heavy atom. The zero-order chi connectivity index (χ0) is 15.7. The molecule has 1 heterocycles. The number of imidazole rings is 1. The first-order chi connectivity index (χ1) is 10.1. The van der Waals surface area contributed by atoms with E-state index in [1.807, 2.05) is 0 Å². The maximum atomic E-state index is 12.1. The van der Waals surface area contributed by atoms with E-state index in [1.54, 1.807) is 11.6 Å². The van der Waals surface area contributed by atoms with Crippen molar-refractivity contribution in [2.24, 2.45) is 17.4 Å². The Balaban J connectivity index is 2.63. The molecule has 2 amide bonds. The Bertz CT molecular complexity index is 497. The number of aromatic nitrogens is 2. The zero-order valence-corrected chi connectivity index (χ0v) is 12.7. The van der Waals surface area contributed by atoms with Gasteiger partial charge in [0.2, 0.25) is 6.41 Å². The van der Waals surface area contributed by atoms with Crippen LogP contribution < -0.4 is 5.32 Å². The van der Waals surface area contributed by atoms with Gasteiger partial charge in [0.05, 0.1) is 6.33 Å². The van der Waals surface area contributed by atoms with Gasteiger partial charge in [-0.05, 0) is 6.42 Å². The average molecular weight is 294 g/mol. The van der Waals surface area contributed by atoms with Crippen LogP contribution in [0, 0.1) is 0 Å². The molecule has 0 bridgehead atoms. The average Bonchev–Trinajstić information content (AvgIpc) is 2.85. The van der Waals surface area contributed by atoms with Crippen molar-refractivity contribution in [2.45, 2.75) is 32.6 Å². The van der Waals surface area contributed by atoms with Gasteiger partial charge in [0.1, 0.15) is 0 Å². The fraction of sp³-hybridized carbons (Fsp3) is 0.615. The number of carbonyl (C=O) groups is 2. The molecule has 0 saturated heterocycles. The summed E-state index contributed by atoms with van der Waals surface area (Å²) < 4.78 is 1.58. The third-order valence-electron chi connectivity index (χ3n) is 2.87. The number of aryl methyl sites for hydroxylation is 1. The van der Waals surface area contributed by atoms with E-state index < -0.39 is 0 Å². The van der Waals surface area contributed by atoms with E-state index in [9.17, 15) is 9.59 Å². The number of rotatable bonds is 9. The number of hydrogen-bond acceptors (Lipinski definition) is 5. The smallest absolute Gasteiger partial charge is 0.273 e. The minimum absolute atomic E-state index is 0.205. The first-order valence-electron chi connectivity index (χ1n) is 6.99. The molecule has 1 rings (SSSR count). The normalized spacial score (nSPS) is 10.8. The second-order valence-electron chi connectivity index (χ2n) is 4.71. The van der Waals surface area contributed by atoms with Crippen LogP contribution in [0.3, 0.4) is 0 Å². The van der Waals surface area contributed by atoms with Gasteiger partial charge in [-0.3, -0.25) is 9.59 Å². The molecule has 0 aliphatic carbocycles. The van der Waals surface area contributed by atoms with E-state index >= 15 is 0 Å². The lowest BCUT2D eigenvalue weighted by atomic mass is 10.2. The predicted octanol–water partition coefficient (Wildman–Crippen LogP) is 1.82. The van der Waals surface area contributed by atoms with Crippen molar-refractivity contribution >= 4 is 18.1 Å². The fourth-order valence-corrected chi connectivity index (χ4v) is 1.67. The molecule has 8 heteroatoms. The summed E-state index contributed by atoms with van der Waals surface area (Å²) in [6.07, 6.45) is 6.36. The number of nitrogens with zero attached hydrogens (tertiary/aromatic N) is 5. The molecule has 21 heavy (non-hydrogen) atoms. The zero-order valence-electron chi connectivity index (χ0n) is 12.7. The maximum Gasteiger partial charge on any atom is 0.273 e. The van der Waals surface area contributed by atoms with Gasteiger partial charge in [-0.15, -0.1) is 5.11 Å². The maximum absolute atomic E-state index is 12.1. The Kier molecular flexibility index (Phi) is 7.06. The molecular weight excluding hydrogens is 272 g/mol. The lowest BCUT2D eigenvalue weighted by Crippen LogP contribution is -2.25. The van der Waals surface area contributed by atoms with E-state index in [-0.39, 0.29) is 11.6 Å². The van der Waals surface area contributed by atoms with E-state index in [0.717, 1.165) is 30.7 Å². The van der Waals surface area contributed by atoms with Gasteiger partial charge in [0, 0.05) is 20.6 Å². The summed E-state index contributed by atoms with van der Waals surface area (Å²) in [6.45, 7) is 2.75. The standard InChI is InChI=1S/C13H22N6O2/c1-4-5-6-7-8-14-13(21)11-12(18(2)9-15-11)16-17-19(3)10-20/h9-10H,4-8H2,1-3H3,(H,14,21)/b17-16-. The summed E-state index contributed by atoms with van der Waals surface area (Å²) >= 11 is 0. The third-order valence-corrected chi connectivity index (χ3v) is 2.87. The van der Waals surface area contributed by atoms with Crippen molar-refractivity contribution in [2.75, 3.05) is 13.6 Å². The van der Waals surface area contributed by atoms with Crippen LogP contribution in [0.2, 0.25) is 0 Å². The van der Waals surface area contributed by atoms with E-state index in [1.165, 1.54) is 13.4 Å². The molecule has 0 atom stereocenters. The predicted molar refractivity (Wildman–Crippen MR) is 78.0 cm³/mol. The number of unbranched alkanes of at least 4 members (excludes halogenated alkanes) is 3. The highest BCUT2D eigenvalue weighted by Gasteiger charge is 2.16. The van der Waals surface area contributed by atoms with Gasteiger partial charge in [-0.25, -0.2) is 9.99 Å². The van der Waals surface area contributed by atoms with Crippen molar-refractivity contribution < 1.29 is 9.59 Å². The Hall–Kier alpha value is -2.25. The van der Waals surface area contributed by atoms with Crippen molar-refractivity contribution in [1.29, 1.82) is 0 Å². The summed E-state index contributed by atoms with van der Waals surface area (Å²) in [5.74, 6) is 0.0320. The SMILES string of the molecule is CCCCCCNC(=O)c1ncn(C)c1/N=N\N(C)C=O. The molecule has 0 fully saturated rings. The Morgan fingerprint density at radius 1 is 1.48 bits per heavy atom. The first-order valence-corrected chi connectivity index (χ1v) is 6.99. The summed E-state index contributed by atoms with van der Waals surface area (Å²) in [6, 6.07) is 0. The molecule has 1 aromatic heterocycles. The molecule has 0 saturated carbocycles. The van der Waals surface area contributed by atoms with Crippen LogP contribution in [0.1, 0.15) is 43.1 Å². The topological polar surface area (TPSA) is 91.9 Å². The second-order valence-corrected chi connectivity index (χ2v) is 4.71. The molecule has 116 valence electrons. The fourth-order valence-electron chi connectivity index (χ4n) is 1.67. The second kappa shape index (κ2) is 8.83. The molecule has 1 aromatic rings. The summed E-state index contributed by atoms with van der Waals surface area (Å²) in [4.78, 5) is 26.5. The van der Waals surface area contributed by atoms with Gasteiger partial charge < -0.3 is 9.88 Å². The highest BCUT2D eigenvalue weighted by Crippen LogP contribution is 2.17. The summed E-state index contributed by atoms with van der Waals surface area (Å²) in [7, 11) is 3.17. The van der Waals surface area contributed by atoms with Crippen molar-refractivity contribution in [3.05, 3.63) is 12.0 Å². The van der Waals surface area contributed by atoms with E-state index in [4.69, 9.17) is 0 Å². The molecule has 0 aliphatic rings. The molecule has 0 aliphatic heterocycles. The van der Waals surface area contributed by atoms with E-state index in [2.05, 4.69) is 27.6 Å². The monoisotopic (exact) mass is 294 g/mol. The molecule has 0 aromatic carbocycles. The van der Waals surface area contributed by atoms with E-state index in [0.29, 0.717) is 18.8 Å². The largest absolute Gasteiger partial charge is 0.351 e. The Labute approximate surface area is 124 Å². The highest BCUT2D eigenvalue weighted by molar-refractivity contribution is 5.96. The van der Waals surface area contributed by atoms with Crippen LogP contribution in [-0.4, -0.2) is 40.5 Å². The molecular formula is C13H22N6O2. The number of carbonyl (C=O) groups excluding carboxylic acids is 2. The minimum Gasteiger partial charge on any atom is -0.351 e. The van der Waals surface area contributed by atoms with Crippen LogP contribution in [0.25, 0.3) is 0 Å². The quantitative estimate of drug-likeness (QED) is 0.326. The summed E-state index contributed by atoms with van der Waals surface area (Å²) in [5, 5.41) is 11.4. The molecule has 1 N–H and O–H groups in total. The minimum atomic E-state index is -0.283.